The molecule has 1 aromatic carbocycles. The van der Waals surface area contributed by atoms with Crippen LogP contribution in [0.2, 0.25) is 0 Å². The highest BCUT2D eigenvalue weighted by atomic mass is 79.9. The number of thiophene rings is 1. The Bertz CT molecular complexity index is 1270. The molecule has 0 saturated heterocycles. The largest absolute Gasteiger partial charge is 0.463 e. The van der Waals surface area contributed by atoms with E-state index < -0.39 is 12.0 Å². The average Bonchev–Trinajstić information content (AvgIpc) is 3.32. The molecule has 0 N–H and O–H groups in total. The van der Waals surface area contributed by atoms with Gasteiger partial charge in [-0.25, -0.2) is 9.79 Å². The molecular formula is C21H17BrN2O3S2. The summed E-state index contributed by atoms with van der Waals surface area (Å²) in [6.45, 7) is 3.82. The molecule has 3 heterocycles. The lowest BCUT2D eigenvalue weighted by molar-refractivity contribution is -0.139. The molecule has 8 heteroatoms. The Hall–Kier alpha value is -2.29. The number of fused-ring (bicyclic) bond motifs is 1. The molecule has 0 amide bonds. The lowest BCUT2D eigenvalue weighted by Crippen LogP contribution is -2.39. The van der Waals surface area contributed by atoms with Gasteiger partial charge in [0, 0.05) is 9.35 Å². The molecule has 5 nitrogen and oxygen atoms in total. The van der Waals surface area contributed by atoms with E-state index in [0.29, 0.717) is 20.6 Å². The molecule has 1 aliphatic heterocycles. The van der Waals surface area contributed by atoms with E-state index in [1.807, 2.05) is 47.9 Å². The highest BCUT2D eigenvalue weighted by Crippen LogP contribution is 2.33. The molecule has 2 aromatic heterocycles. The van der Waals surface area contributed by atoms with Gasteiger partial charge in [-0.15, -0.1) is 11.3 Å². The Kier molecular flexibility index (Phi) is 5.67. The molecule has 0 spiro atoms. The van der Waals surface area contributed by atoms with Gasteiger partial charge in [0.2, 0.25) is 0 Å². The molecule has 29 heavy (non-hydrogen) atoms. The predicted octanol–water partition coefficient (Wildman–Crippen LogP) is 3.62. The van der Waals surface area contributed by atoms with Gasteiger partial charge in [-0.1, -0.05) is 45.5 Å². The van der Waals surface area contributed by atoms with E-state index >= 15 is 0 Å². The SMILES string of the molecule is CCOC(=O)C1=C(C)N=c2s/c(=C/c3ccc(Br)cc3)c(=O)n2C1c1cccs1. The molecule has 0 fully saturated rings. The molecule has 4 rings (SSSR count). The summed E-state index contributed by atoms with van der Waals surface area (Å²) in [5.41, 5.74) is 1.76. The van der Waals surface area contributed by atoms with Gasteiger partial charge in [0.25, 0.3) is 5.56 Å². The van der Waals surface area contributed by atoms with Crippen molar-refractivity contribution >= 4 is 50.6 Å². The van der Waals surface area contributed by atoms with Crippen molar-refractivity contribution in [2.75, 3.05) is 6.61 Å². The fourth-order valence-electron chi connectivity index (χ4n) is 3.22. The Morgan fingerprint density at radius 3 is 2.72 bits per heavy atom. The molecule has 0 saturated carbocycles. The van der Waals surface area contributed by atoms with Crippen molar-refractivity contribution in [1.82, 2.24) is 4.57 Å². The fourth-order valence-corrected chi connectivity index (χ4v) is 5.35. The van der Waals surface area contributed by atoms with Crippen LogP contribution in [0.25, 0.3) is 6.08 Å². The minimum Gasteiger partial charge on any atom is -0.463 e. The van der Waals surface area contributed by atoms with Gasteiger partial charge < -0.3 is 4.74 Å². The number of nitrogens with zero attached hydrogens (tertiary/aromatic N) is 2. The second-order valence-electron chi connectivity index (χ2n) is 6.37. The summed E-state index contributed by atoms with van der Waals surface area (Å²) in [7, 11) is 0. The van der Waals surface area contributed by atoms with Crippen molar-refractivity contribution in [3.63, 3.8) is 0 Å². The number of carbonyl (C=O) groups is 1. The number of aromatic nitrogens is 1. The van der Waals surface area contributed by atoms with Gasteiger partial charge in [-0.3, -0.25) is 9.36 Å². The third kappa shape index (κ3) is 3.80. The van der Waals surface area contributed by atoms with Crippen LogP contribution in [0.5, 0.6) is 0 Å². The van der Waals surface area contributed by atoms with Gasteiger partial charge in [-0.05, 0) is 49.1 Å². The molecular weight excluding hydrogens is 472 g/mol. The van der Waals surface area contributed by atoms with Crippen LogP contribution in [-0.4, -0.2) is 17.1 Å². The summed E-state index contributed by atoms with van der Waals surface area (Å²) in [4.78, 5) is 32.1. The van der Waals surface area contributed by atoms with E-state index in [0.717, 1.165) is 14.9 Å². The van der Waals surface area contributed by atoms with E-state index in [-0.39, 0.29) is 12.2 Å². The quantitative estimate of drug-likeness (QED) is 0.526. The maximum Gasteiger partial charge on any atom is 0.338 e. The van der Waals surface area contributed by atoms with Crippen molar-refractivity contribution < 1.29 is 9.53 Å². The summed E-state index contributed by atoms with van der Waals surface area (Å²) >= 11 is 6.25. The highest BCUT2D eigenvalue weighted by molar-refractivity contribution is 9.10. The monoisotopic (exact) mass is 488 g/mol. The number of benzene rings is 1. The summed E-state index contributed by atoms with van der Waals surface area (Å²) in [5, 5.41) is 1.94. The molecule has 0 radical (unpaired) electrons. The number of hydrogen-bond acceptors (Lipinski definition) is 6. The summed E-state index contributed by atoms with van der Waals surface area (Å²) < 4.78 is 8.43. The van der Waals surface area contributed by atoms with Crippen LogP contribution in [0.1, 0.15) is 30.3 Å². The number of allylic oxidation sites excluding steroid dienone is 1. The van der Waals surface area contributed by atoms with Crippen molar-refractivity contribution in [2.45, 2.75) is 19.9 Å². The number of halogens is 1. The smallest absolute Gasteiger partial charge is 0.338 e. The number of carbonyl (C=O) groups excluding carboxylic acids is 1. The van der Waals surface area contributed by atoms with Crippen LogP contribution >= 0.6 is 38.6 Å². The third-order valence-corrected chi connectivity index (χ3v) is 6.93. The zero-order chi connectivity index (χ0) is 20.5. The second-order valence-corrected chi connectivity index (χ2v) is 9.27. The fraction of sp³-hybridized carbons (Fsp3) is 0.190. The average molecular weight is 489 g/mol. The van der Waals surface area contributed by atoms with Crippen LogP contribution < -0.4 is 14.9 Å². The lowest BCUT2D eigenvalue weighted by Gasteiger charge is -2.23. The Labute approximate surface area is 183 Å². The van der Waals surface area contributed by atoms with E-state index in [1.54, 1.807) is 18.4 Å². The summed E-state index contributed by atoms with van der Waals surface area (Å²) in [5.74, 6) is -0.436. The molecule has 1 atom stereocenters. The van der Waals surface area contributed by atoms with Crippen LogP contribution in [0.4, 0.5) is 0 Å². The molecule has 148 valence electrons. The number of esters is 1. The van der Waals surface area contributed by atoms with Crippen molar-refractivity contribution in [3.05, 3.63) is 87.6 Å². The molecule has 1 aliphatic rings. The highest BCUT2D eigenvalue weighted by Gasteiger charge is 2.33. The number of ether oxygens (including phenoxy) is 1. The minimum absolute atomic E-state index is 0.163. The normalized spacial score (nSPS) is 16.5. The van der Waals surface area contributed by atoms with Crippen molar-refractivity contribution in [2.24, 2.45) is 4.99 Å². The first-order chi connectivity index (χ1) is 14.0. The second kappa shape index (κ2) is 8.22. The topological polar surface area (TPSA) is 60.7 Å². The predicted molar refractivity (Wildman–Crippen MR) is 119 cm³/mol. The third-order valence-electron chi connectivity index (χ3n) is 4.50. The van der Waals surface area contributed by atoms with E-state index in [2.05, 4.69) is 20.9 Å². The Morgan fingerprint density at radius 1 is 1.31 bits per heavy atom. The number of rotatable bonds is 4. The van der Waals surface area contributed by atoms with Crippen LogP contribution in [-0.2, 0) is 9.53 Å². The van der Waals surface area contributed by atoms with Gasteiger partial charge in [0.05, 0.1) is 22.4 Å². The van der Waals surface area contributed by atoms with Gasteiger partial charge in [0.1, 0.15) is 6.04 Å². The lowest BCUT2D eigenvalue weighted by atomic mass is 10.0. The summed E-state index contributed by atoms with van der Waals surface area (Å²) in [6, 6.07) is 11.1. The zero-order valence-electron chi connectivity index (χ0n) is 15.7. The maximum absolute atomic E-state index is 13.3. The van der Waals surface area contributed by atoms with Crippen LogP contribution in [0, 0.1) is 0 Å². The molecule has 1 unspecified atom stereocenters. The van der Waals surface area contributed by atoms with Crippen molar-refractivity contribution in [3.8, 4) is 0 Å². The molecule has 0 aliphatic carbocycles. The van der Waals surface area contributed by atoms with Gasteiger partial charge >= 0.3 is 5.97 Å². The minimum atomic E-state index is -0.530. The first kappa shape index (κ1) is 20.0. The van der Waals surface area contributed by atoms with Gasteiger partial charge in [-0.2, -0.15) is 0 Å². The van der Waals surface area contributed by atoms with Crippen LogP contribution in [0.3, 0.4) is 0 Å². The first-order valence-electron chi connectivity index (χ1n) is 8.98. The van der Waals surface area contributed by atoms with E-state index in [1.165, 1.54) is 22.7 Å². The van der Waals surface area contributed by atoms with Crippen molar-refractivity contribution in [1.29, 1.82) is 0 Å². The summed E-state index contributed by atoms with van der Waals surface area (Å²) in [6.07, 6.45) is 1.85. The standard InChI is InChI=1S/C21H17BrN2O3S2/c1-3-27-20(26)17-12(2)23-21-24(18(17)15-5-4-10-28-15)19(25)16(29-21)11-13-6-8-14(22)9-7-13/h4-11,18H,3H2,1-2H3/b16-11+. The number of hydrogen-bond donors (Lipinski definition) is 0. The Balaban J connectivity index is 1.93. The van der Waals surface area contributed by atoms with E-state index in [4.69, 9.17) is 4.74 Å². The Morgan fingerprint density at radius 2 is 2.07 bits per heavy atom. The first-order valence-corrected chi connectivity index (χ1v) is 11.5. The molecule has 0 bridgehead atoms. The zero-order valence-corrected chi connectivity index (χ0v) is 18.9. The maximum atomic E-state index is 13.3. The molecule has 3 aromatic rings. The number of thiazole rings is 1. The van der Waals surface area contributed by atoms with E-state index in [9.17, 15) is 9.59 Å². The van der Waals surface area contributed by atoms with Crippen LogP contribution in [0.15, 0.2) is 67.3 Å². The van der Waals surface area contributed by atoms with Gasteiger partial charge in [0.15, 0.2) is 4.80 Å².